The molecule has 0 radical (unpaired) electrons. The van der Waals surface area contributed by atoms with E-state index in [-0.39, 0.29) is 0 Å². The van der Waals surface area contributed by atoms with E-state index in [0.29, 0.717) is 12.0 Å². The summed E-state index contributed by atoms with van der Waals surface area (Å²) in [5.74, 6) is 0.681. The third kappa shape index (κ3) is 5.22. The van der Waals surface area contributed by atoms with E-state index in [1.807, 2.05) is 0 Å². The van der Waals surface area contributed by atoms with E-state index >= 15 is 0 Å². The zero-order valence-electron chi connectivity index (χ0n) is 11.2. The van der Waals surface area contributed by atoms with Crippen LogP contribution in [0.4, 0.5) is 0 Å². The van der Waals surface area contributed by atoms with Crippen LogP contribution in [0, 0.1) is 5.92 Å². The highest BCUT2D eigenvalue weighted by molar-refractivity contribution is 9.10. The van der Waals surface area contributed by atoms with Crippen LogP contribution in [0.1, 0.15) is 39.2 Å². The Morgan fingerprint density at radius 2 is 2.06 bits per heavy atom. The molecule has 0 fully saturated rings. The zero-order valence-corrected chi connectivity index (χ0v) is 12.8. The Kier molecular flexibility index (Phi) is 6.83. The van der Waals surface area contributed by atoms with Gasteiger partial charge in [-0.1, -0.05) is 48.8 Å². The second-order valence-electron chi connectivity index (χ2n) is 4.78. The SMILES string of the molecule is CCCNC(CC)C(C)Cc1cccc(Br)c1. The Morgan fingerprint density at radius 3 is 2.65 bits per heavy atom. The second kappa shape index (κ2) is 7.88. The first-order valence-corrected chi connectivity index (χ1v) is 7.44. The highest BCUT2D eigenvalue weighted by atomic mass is 79.9. The molecule has 0 aliphatic carbocycles. The molecule has 0 amide bonds. The van der Waals surface area contributed by atoms with E-state index in [1.165, 1.54) is 22.9 Å². The monoisotopic (exact) mass is 297 g/mol. The molecule has 0 heterocycles. The van der Waals surface area contributed by atoms with Gasteiger partial charge in [-0.05, 0) is 49.4 Å². The van der Waals surface area contributed by atoms with E-state index in [9.17, 15) is 0 Å². The maximum Gasteiger partial charge on any atom is 0.0177 e. The normalized spacial score (nSPS) is 14.6. The number of rotatable bonds is 7. The molecule has 2 atom stereocenters. The summed E-state index contributed by atoms with van der Waals surface area (Å²) in [7, 11) is 0. The minimum Gasteiger partial charge on any atom is -0.314 e. The van der Waals surface area contributed by atoms with Gasteiger partial charge < -0.3 is 5.32 Å². The standard InChI is InChI=1S/C15H24BrN/c1-4-9-17-15(5-2)12(3)10-13-7-6-8-14(16)11-13/h6-8,11-12,15,17H,4-5,9-10H2,1-3H3. The molecule has 1 rings (SSSR count). The van der Waals surface area contributed by atoms with Crippen LogP contribution < -0.4 is 5.32 Å². The van der Waals surface area contributed by atoms with Crippen molar-refractivity contribution < 1.29 is 0 Å². The lowest BCUT2D eigenvalue weighted by atomic mass is 9.92. The fourth-order valence-corrected chi connectivity index (χ4v) is 2.70. The van der Waals surface area contributed by atoms with Gasteiger partial charge in [-0.25, -0.2) is 0 Å². The molecule has 0 aromatic heterocycles. The van der Waals surface area contributed by atoms with Crippen molar-refractivity contribution in [3.8, 4) is 0 Å². The first-order valence-electron chi connectivity index (χ1n) is 6.65. The fraction of sp³-hybridized carbons (Fsp3) is 0.600. The number of halogens is 1. The number of hydrogen-bond acceptors (Lipinski definition) is 1. The van der Waals surface area contributed by atoms with E-state index in [4.69, 9.17) is 0 Å². The van der Waals surface area contributed by atoms with Gasteiger partial charge in [0.1, 0.15) is 0 Å². The third-order valence-corrected chi connectivity index (χ3v) is 3.72. The maximum atomic E-state index is 3.64. The van der Waals surface area contributed by atoms with Crippen LogP contribution in [0.15, 0.2) is 28.7 Å². The molecule has 1 aromatic carbocycles. The average Bonchev–Trinajstić information content (AvgIpc) is 2.30. The zero-order chi connectivity index (χ0) is 12.7. The summed E-state index contributed by atoms with van der Waals surface area (Å²) in [4.78, 5) is 0. The van der Waals surface area contributed by atoms with Gasteiger partial charge in [0.15, 0.2) is 0 Å². The Bertz CT molecular complexity index is 324. The molecule has 1 aromatic rings. The predicted octanol–water partition coefficient (Wildman–Crippen LogP) is 4.41. The minimum atomic E-state index is 0.633. The van der Waals surface area contributed by atoms with Crippen molar-refractivity contribution in [3.63, 3.8) is 0 Å². The molecule has 0 saturated heterocycles. The van der Waals surface area contributed by atoms with Crippen LogP contribution in [0.25, 0.3) is 0 Å². The quantitative estimate of drug-likeness (QED) is 0.786. The summed E-state index contributed by atoms with van der Waals surface area (Å²) >= 11 is 3.53. The number of benzene rings is 1. The van der Waals surface area contributed by atoms with E-state index in [0.717, 1.165) is 13.0 Å². The summed E-state index contributed by atoms with van der Waals surface area (Å²) in [5.41, 5.74) is 1.42. The molecule has 0 bridgehead atoms. The van der Waals surface area contributed by atoms with Crippen molar-refractivity contribution in [2.45, 2.75) is 46.1 Å². The highest BCUT2D eigenvalue weighted by Gasteiger charge is 2.14. The maximum absolute atomic E-state index is 3.64. The molecule has 0 aliphatic heterocycles. The molecule has 96 valence electrons. The van der Waals surface area contributed by atoms with Gasteiger partial charge in [-0.15, -0.1) is 0 Å². The molecule has 1 N–H and O–H groups in total. The topological polar surface area (TPSA) is 12.0 Å². The molecule has 0 saturated carbocycles. The average molecular weight is 298 g/mol. The van der Waals surface area contributed by atoms with Crippen LogP contribution in [-0.4, -0.2) is 12.6 Å². The minimum absolute atomic E-state index is 0.633. The molecular formula is C15H24BrN. The van der Waals surface area contributed by atoms with Crippen LogP contribution >= 0.6 is 15.9 Å². The van der Waals surface area contributed by atoms with Gasteiger partial charge in [0.25, 0.3) is 0 Å². The number of nitrogens with one attached hydrogen (secondary N) is 1. The van der Waals surface area contributed by atoms with Gasteiger partial charge >= 0.3 is 0 Å². The Labute approximate surface area is 114 Å². The first-order chi connectivity index (χ1) is 8.17. The van der Waals surface area contributed by atoms with Crippen molar-refractivity contribution in [2.24, 2.45) is 5.92 Å². The summed E-state index contributed by atoms with van der Waals surface area (Å²) in [5, 5.41) is 3.64. The predicted molar refractivity (Wildman–Crippen MR) is 79.4 cm³/mol. The Hall–Kier alpha value is -0.340. The van der Waals surface area contributed by atoms with Crippen LogP contribution in [0.3, 0.4) is 0 Å². The lowest BCUT2D eigenvalue weighted by Crippen LogP contribution is -2.35. The molecule has 2 heteroatoms. The van der Waals surface area contributed by atoms with E-state index in [2.05, 4.69) is 66.3 Å². The fourth-order valence-electron chi connectivity index (χ4n) is 2.26. The van der Waals surface area contributed by atoms with Gasteiger partial charge in [0, 0.05) is 10.5 Å². The first kappa shape index (κ1) is 14.7. The van der Waals surface area contributed by atoms with Crippen molar-refractivity contribution >= 4 is 15.9 Å². The van der Waals surface area contributed by atoms with Crippen LogP contribution in [0.5, 0.6) is 0 Å². The van der Waals surface area contributed by atoms with Crippen molar-refractivity contribution in [2.75, 3.05) is 6.54 Å². The lowest BCUT2D eigenvalue weighted by molar-refractivity contribution is 0.364. The summed E-state index contributed by atoms with van der Waals surface area (Å²) in [6, 6.07) is 9.28. The Morgan fingerprint density at radius 1 is 1.29 bits per heavy atom. The molecule has 17 heavy (non-hydrogen) atoms. The number of hydrogen-bond donors (Lipinski definition) is 1. The van der Waals surface area contributed by atoms with Crippen LogP contribution in [0.2, 0.25) is 0 Å². The Balaban J connectivity index is 2.54. The molecule has 2 unspecified atom stereocenters. The largest absolute Gasteiger partial charge is 0.314 e. The highest BCUT2D eigenvalue weighted by Crippen LogP contribution is 2.18. The van der Waals surface area contributed by atoms with Gasteiger partial charge in [-0.2, -0.15) is 0 Å². The summed E-state index contributed by atoms with van der Waals surface area (Å²) < 4.78 is 1.18. The second-order valence-corrected chi connectivity index (χ2v) is 5.70. The third-order valence-electron chi connectivity index (χ3n) is 3.23. The molecule has 0 spiro atoms. The van der Waals surface area contributed by atoms with Crippen molar-refractivity contribution in [1.82, 2.24) is 5.32 Å². The molecule has 0 aliphatic rings. The molecule has 1 nitrogen and oxygen atoms in total. The van der Waals surface area contributed by atoms with Gasteiger partial charge in [0.2, 0.25) is 0 Å². The summed E-state index contributed by atoms with van der Waals surface area (Å²) in [6.45, 7) is 7.96. The van der Waals surface area contributed by atoms with E-state index in [1.54, 1.807) is 0 Å². The smallest absolute Gasteiger partial charge is 0.0177 e. The van der Waals surface area contributed by atoms with Crippen molar-refractivity contribution in [1.29, 1.82) is 0 Å². The van der Waals surface area contributed by atoms with Gasteiger partial charge in [-0.3, -0.25) is 0 Å². The van der Waals surface area contributed by atoms with Crippen molar-refractivity contribution in [3.05, 3.63) is 34.3 Å². The van der Waals surface area contributed by atoms with E-state index < -0.39 is 0 Å². The van der Waals surface area contributed by atoms with Gasteiger partial charge in [0.05, 0.1) is 0 Å². The summed E-state index contributed by atoms with van der Waals surface area (Å²) in [6.07, 6.45) is 3.56. The lowest BCUT2D eigenvalue weighted by Gasteiger charge is -2.24. The molecular weight excluding hydrogens is 274 g/mol. The van der Waals surface area contributed by atoms with Crippen LogP contribution in [-0.2, 0) is 6.42 Å².